The van der Waals surface area contributed by atoms with Gasteiger partial charge in [0.15, 0.2) is 0 Å². The van der Waals surface area contributed by atoms with E-state index < -0.39 is 0 Å². The largest absolute Gasteiger partial charge is 0.356 e. The molecule has 0 bridgehead atoms. The Labute approximate surface area is 93.8 Å². The Morgan fingerprint density at radius 3 is 2.53 bits per heavy atom. The lowest BCUT2D eigenvalue weighted by molar-refractivity contribution is -0.122. The molecule has 0 rings (SSSR count). The van der Waals surface area contributed by atoms with Crippen LogP contribution >= 0.6 is 0 Å². The number of hydrogen-bond acceptors (Lipinski definition) is 2. The Morgan fingerprint density at radius 2 is 2.07 bits per heavy atom. The van der Waals surface area contributed by atoms with Crippen LogP contribution in [-0.2, 0) is 4.79 Å². The molecule has 1 amide bonds. The lowest BCUT2D eigenvalue weighted by Crippen LogP contribution is -2.29. The second-order valence-corrected chi connectivity index (χ2v) is 4.64. The van der Waals surface area contributed by atoms with Crippen molar-refractivity contribution in [2.24, 2.45) is 17.6 Å². The number of amides is 1. The third-order valence-corrected chi connectivity index (χ3v) is 2.46. The molecule has 0 heterocycles. The molecule has 0 aromatic rings. The van der Waals surface area contributed by atoms with Crippen LogP contribution in [0, 0.1) is 11.8 Å². The maximum absolute atomic E-state index is 11.5. The summed E-state index contributed by atoms with van der Waals surface area (Å²) < 4.78 is 0. The highest BCUT2D eigenvalue weighted by Gasteiger charge is 2.13. The summed E-state index contributed by atoms with van der Waals surface area (Å²) in [5.41, 5.74) is 5.64. The van der Waals surface area contributed by atoms with E-state index in [0.717, 1.165) is 25.8 Å². The van der Waals surface area contributed by atoms with Crippen LogP contribution in [0.4, 0.5) is 0 Å². The quantitative estimate of drug-likeness (QED) is 0.606. The maximum atomic E-state index is 11.5. The van der Waals surface area contributed by atoms with Gasteiger partial charge in [0.05, 0.1) is 0 Å². The summed E-state index contributed by atoms with van der Waals surface area (Å²) in [7, 11) is 0. The van der Waals surface area contributed by atoms with Crippen LogP contribution in [0.25, 0.3) is 0 Å². The van der Waals surface area contributed by atoms with Gasteiger partial charge < -0.3 is 11.1 Å². The molecule has 0 aliphatic carbocycles. The molecule has 3 N–H and O–H groups in total. The Balaban J connectivity index is 3.70. The van der Waals surface area contributed by atoms with Crippen molar-refractivity contribution >= 4 is 5.91 Å². The van der Waals surface area contributed by atoms with Crippen LogP contribution in [-0.4, -0.2) is 19.0 Å². The van der Waals surface area contributed by atoms with Gasteiger partial charge in [0.2, 0.25) is 5.91 Å². The van der Waals surface area contributed by atoms with Gasteiger partial charge in [-0.2, -0.15) is 0 Å². The van der Waals surface area contributed by atoms with E-state index in [2.05, 4.69) is 26.1 Å². The third-order valence-electron chi connectivity index (χ3n) is 2.46. The molecular formula is C12H26N2O. The average molecular weight is 214 g/mol. The van der Waals surface area contributed by atoms with Gasteiger partial charge >= 0.3 is 0 Å². The minimum atomic E-state index is 0.152. The zero-order valence-corrected chi connectivity index (χ0v) is 10.4. The summed E-state index contributed by atoms with van der Waals surface area (Å²) in [4.78, 5) is 11.5. The topological polar surface area (TPSA) is 55.1 Å². The minimum Gasteiger partial charge on any atom is -0.356 e. The van der Waals surface area contributed by atoms with Crippen LogP contribution in [0.2, 0.25) is 0 Å². The molecule has 0 aliphatic rings. The summed E-state index contributed by atoms with van der Waals surface area (Å²) in [5, 5.41) is 2.93. The van der Waals surface area contributed by atoms with Gasteiger partial charge in [0, 0.05) is 13.0 Å². The molecule has 1 unspecified atom stereocenters. The van der Waals surface area contributed by atoms with Crippen LogP contribution < -0.4 is 11.1 Å². The van der Waals surface area contributed by atoms with Crippen molar-refractivity contribution in [2.75, 3.05) is 13.1 Å². The molecule has 15 heavy (non-hydrogen) atoms. The van der Waals surface area contributed by atoms with Crippen molar-refractivity contribution in [3.05, 3.63) is 0 Å². The fourth-order valence-corrected chi connectivity index (χ4v) is 1.67. The Morgan fingerprint density at radius 1 is 1.40 bits per heavy atom. The van der Waals surface area contributed by atoms with Crippen molar-refractivity contribution < 1.29 is 4.79 Å². The number of carbonyl (C=O) groups is 1. The van der Waals surface area contributed by atoms with Gasteiger partial charge in [-0.3, -0.25) is 4.79 Å². The van der Waals surface area contributed by atoms with E-state index in [1.807, 2.05) is 0 Å². The SMILES string of the molecule is CCCCNC(=O)CC(CN)CC(C)C. The summed E-state index contributed by atoms with van der Waals surface area (Å²) in [6, 6.07) is 0. The van der Waals surface area contributed by atoms with Gasteiger partial charge in [0.25, 0.3) is 0 Å². The van der Waals surface area contributed by atoms with E-state index in [4.69, 9.17) is 5.73 Å². The highest BCUT2D eigenvalue weighted by Crippen LogP contribution is 2.13. The average Bonchev–Trinajstić information content (AvgIpc) is 2.16. The van der Waals surface area contributed by atoms with E-state index in [1.165, 1.54) is 0 Å². The van der Waals surface area contributed by atoms with Gasteiger partial charge in [-0.1, -0.05) is 27.2 Å². The zero-order valence-electron chi connectivity index (χ0n) is 10.4. The summed E-state index contributed by atoms with van der Waals surface area (Å²) >= 11 is 0. The number of rotatable bonds is 8. The third kappa shape index (κ3) is 8.43. The predicted octanol–water partition coefficient (Wildman–Crippen LogP) is 1.91. The summed E-state index contributed by atoms with van der Waals surface area (Å²) in [5.74, 6) is 1.10. The van der Waals surface area contributed by atoms with Crippen molar-refractivity contribution in [2.45, 2.75) is 46.5 Å². The lowest BCUT2D eigenvalue weighted by Gasteiger charge is -2.16. The number of nitrogens with one attached hydrogen (secondary N) is 1. The van der Waals surface area contributed by atoms with Crippen LogP contribution in [0.5, 0.6) is 0 Å². The monoisotopic (exact) mass is 214 g/mol. The minimum absolute atomic E-state index is 0.152. The highest BCUT2D eigenvalue weighted by molar-refractivity contribution is 5.76. The number of unbranched alkanes of at least 4 members (excludes halogenated alkanes) is 1. The van der Waals surface area contributed by atoms with Crippen LogP contribution in [0.3, 0.4) is 0 Å². The van der Waals surface area contributed by atoms with Gasteiger partial charge in [-0.05, 0) is 31.2 Å². The van der Waals surface area contributed by atoms with Gasteiger partial charge in [-0.25, -0.2) is 0 Å². The van der Waals surface area contributed by atoms with E-state index >= 15 is 0 Å². The lowest BCUT2D eigenvalue weighted by atomic mass is 9.94. The molecule has 0 aliphatic heterocycles. The zero-order chi connectivity index (χ0) is 11.7. The molecular weight excluding hydrogens is 188 g/mol. The standard InChI is InChI=1S/C12H26N2O/c1-4-5-6-14-12(15)8-11(9-13)7-10(2)3/h10-11H,4-9,13H2,1-3H3,(H,14,15). The number of carbonyl (C=O) groups excluding carboxylic acids is 1. The molecule has 0 saturated carbocycles. The molecule has 90 valence electrons. The van der Waals surface area contributed by atoms with Gasteiger partial charge in [0.1, 0.15) is 0 Å². The Hall–Kier alpha value is -0.570. The second-order valence-electron chi connectivity index (χ2n) is 4.64. The fraction of sp³-hybridized carbons (Fsp3) is 0.917. The summed E-state index contributed by atoms with van der Waals surface area (Å²) in [6.45, 7) is 7.86. The molecule has 0 fully saturated rings. The fourth-order valence-electron chi connectivity index (χ4n) is 1.67. The Kier molecular flexibility index (Phi) is 8.38. The first-order valence-corrected chi connectivity index (χ1v) is 6.06. The van der Waals surface area contributed by atoms with Crippen molar-refractivity contribution in [3.8, 4) is 0 Å². The Bertz CT molecular complexity index is 169. The number of nitrogens with two attached hydrogens (primary N) is 1. The maximum Gasteiger partial charge on any atom is 0.220 e. The van der Waals surface area contributed by atoms with Crippen molar-refractivity contribution in [1.82, 2.24) is 5.32 Å². The molecule has 3 nitrogen and oxygen atoms in total. The second kappa shape index (κ2) is 8.72. The van der Waals surface area contributed by atoms with E-state index in [1.54, 1.807) is 0 Å². The van der Waals surface area contributed by atoms with Crippen LogP contribution in [0.15, 0.2) is 0 Å². The van der Waals surface area contributed by atoms with E-state index in [9.17, 15) is 4.79 Å². The van der Waals surface area contributed by atoms with Gasteiger partial charge in [-0.15, -0.1) is 0 Å². The molecule has 0 spiro atoms. The van der Waals surface area contributed by atoms with Crippen molar-refractivity contribution in [1.29, 1.82) is 0 Å². The summed E-state index contributed by atoms with van der Waals surface area (Å²) in [6.07, 6.45) is 3.80. The highest BCUT2D eigenvalue weighted by atomic mass is 16.1. The molecule has 1 atom stereocenters. The molecule has 0 aromatic heterocycles. The van der Waals surface area contributed by atoms with Crippen LogP contribution in [0.1, 0.15) is 46.5 Å². The smallest absolute Gasteiger partial charge is 0.220 e. The predicted molar refractivity (Wildman–Crippen MR) is 64.5 cm³/mol. The molecule has 3 heteroatoms. The normalized spacial score (nSPS) is 12.9. The first-order valence-electron chi connectivity index (χ1n) is 6.06. The van der Waals surface area contributed by atoms with E-state index in [-0.39, 0.29) is 5.91 Å². The first-order chi connectivity index (χ1) is 7.10. The molecule has 0 saturated heterocycles. The molecule has 0 radical (unpaired) electrons. The van der Waals surface area contributed by atoms with Crippen molar-refractivity contribution in [3.63, 3.8) is 0 Å². The van der Waals surface area contributed by atoms with E-state index in [0.29, 0.717) is 24.8 Å². The molecule has 0 aromatic carbocycles. The number of hydrogen-bond donors (Lipinski definition) is 2. The first kappa shape index (κ1) is 14.4.